The summed E-state index contributed by atoms with van der Waals surface area (Å²) in [5.74, 6) is -6.28. The molecule has 0 aromatic heterocycles. The molecule has 0 bridgehead atoms. The lowest BCUT2D eigenvalue weighted by Crippen LogP contribution is -2.56. The molecule has 0 spiro atoms. The van der Waals surface area contributed by atoms with Gasteiger partial charge in [-0.1, -0.05) is 0 Å². The molecule has 0 rings (SSSR count). The molecule has 6 amide bonds. The van der Waals surface area contributed by atoms with Gasteiger partial charge >= 0.3 is 5.97 Å². The van der Waals surface area contributed by atoms with Crippen LogP contribution in [0.1, 0.15) is 57.8 Å². The Labute approximate surface area is 283 Å². The number of nitrogens with two attached hydrogens (primary N) is 7. The number of unbranched alkanes of at least 4 members (excludes halogenated alkanes) is 1. The Morgan fingerprint density at radius 3 is 1.59 bits per heavy atom. The number of carbonyl (C=O) groups excluding carboxylic acids is 6. The first kappa shape index (κ1) is 43.8. The first-order valence-corrected chi connectivity index (χ1v) is 15.6. The maximum absolute atomic E-state index is 13.3. The van der Waals surface area contributed by atoms with Crippen LogP contribution in [-0.4, -0.2) is 115 Å². The molecule has 49 heavy (non-hydrogen) atoms. The van der Waals surface area contributed by atoms with Crippen molar-refractivity contribution >= 4 is 53.3 Å². The summed E-state index contributed by atoms with van der Waals surface area (Å²) in [5, 5.41) is 21.2. The Kier molecular flexibility index (Phi) is 22.2. The summed E-state index contributed by atoms with van der Waals surface area (Å²) in [4.78, 5) is 94.2. The van der Waals surface area contributed by atoms with E-state index in [0.29, 0.717) is 25.8 Å². The van der Waals surface area contributed by atoms with E-state index in [4.69, 9.17) is 40.1 Å². The number of hydrogen-bond acceptors (Lipinski definition) is 11. The number of carbonyl (C=O) groups is 7. The van der Waals surface area contributed by atoms with Gasteiger partial charge in [0.2, 0.25) is 35.4 Å². The summed E-state index contributed by atoms with van der Waals surface area (Å²) >= 11 is 0. The lowest BCUT2D eigenvalue weighted by atomic mass is 10.1. The van der Waals surface area contributed by atoms with Gasteiger partial charge < -0.3 is 71.8 Å². The van der Waals surface area contributed by atoms with Gasteiger partial charge in [0.05, 0.1) is 19.1 Å². The van der Waals surface area contributed by atoms with Crippen LogP contribution in [0.25, 0.3) is 0 Å². The maximum atomic E-state index is 13.3. The molecule has 278 valence electrons. The molecular formula is C27H52N14O8. The number of rotatable bonds is 26. The summed E-state index contributed by atoms with van der Waals surface area (Å²) in [6.07, 6.45) is 1.37. The zero-order valence-corrected chi connectivity index (χ0v) is 27.4. The molecule has 22 nitrogen and oxygen atoms in total. The summed E-state index contributed by atoms with van der Waals surface area (Å²) in [6.45, 7) is -0.487. The molecule has 0 aromatic rings. The predicted molar refractivity (Wildman–Crippen MR) is 179 cm³/mol. The molecule has 0 fully saturated rings. The largest absolute Gasteiger partial charge is 0.480 e. The van der Waals surface area contributed by atoms with Crippen molar-refractivity contribution in [1.82, 2.24) is 26.6 Å². The summed E-state index contributed by atoms with van der Waals surface area (Å²) in [6, 6.07) is -4.81. The van der Waals surface area contributed by atoms with E-state index in [1.807, 2.05) is 0 Å². The smallest absolute Gasteiger partial charge is 0.326 e. The molecular weight excluding hydrogens is 648 g/mol. The number of nitrogens with zero attached hydrogens (tertiary/aromatic N) is 2. The highest BCUT2D eigenvalue weighted by Crippen LogP contribution is 2.04. The Morgan fingerprint density at radius 2 is 1.08 bits per heavy atom. The van der Waals surface area contributed by atoms with Crippen LogP contribution >= 0.6 is 0 Å². The second-order valence-corrected chi connectivity index (χ2v) is 10.9. The predicted octanol–water partition coefficient (Wildman–Crippen LogP) is -6.41. The highest BCUT2D eigenvalue weighted by atomic mass is 16.4. The molecule has 0 saturated carbocycles. The Morgan fingerprint density at radius 1 is 0.592 bits per heavy atom. The normalized spacial score (nSPS) is 12.9. The summed E-state index contributed by atoms with van der Waals surface area (Å²) in [5.41, 5.74) is 37.6. The standard InChI is InChI=1S/C27H52N14O8/c28-10-2-1-6-18(25(48)49)40-21(44)14-38-23(46)16(7-4-12-36-27(33)34)41-24(47)17(8-9-19(30)42)39-20(43)13-37-22(45)15(29)5-3-11-35-26(31)32/h15-18H,1-14,28-29H2,(H2,30,42)(H,37,45)(H,38,46)(H,39,43)(H,40,44)(H,41,47)(H,48,49)(H4,31,32,35)(H4,33,34,36). The minimum atomic E-state index is -1.37. The third-order valence-electron chi connectivity index (χ3n) is 6.64. The number of primary amides is 1. The second kappa shape index (κ2) is 24.9. The number of aliphatic imine (C=N–C) groups is 2. The number of carboxylic acids is 1. The van der Waals surface area contributed by atoms with E-state index in [1.54, 1.807) is 0 Å². The number of hydrogen-bond donors (Lipinski definition) is 13. The van der Waals surface area contributed by atoms with Crippen molar-refractivity contribution in [2.75, 3.05) is 32.7 Å². The third-order valence-corrected chi connectivity index (χ3v) is 6.64. The second-order valence-electron chi connectivity index (χ2n) is 10.9. The van der Waals surface area contributed by atoms with Crippen molar-refractivity contribution in [3.05, 3.63) is 0 Å². The zero-order valence-electron chi connectivity index (χ0n) is 27.4. The van der Waals surface area contributed by atoms with E-state index in [1.165, 1.54) is 0 Å². The Balaban J connectivity index is 5.49. The van der Waals surface area contributed by atoms with Gasteiger partial charge in [-0.2, -0.15) is 0 Å². The number of nitrogens with one attached hydrogen (secondary N) is 5. The monoisotopic (exact) mass is 700 g/mol. The lowest BCUT2D eigenvalue weighted by molar-refractivity contribution is -0.142. The van der Waals surface area contributed by atoms with Gasteiger partial charge in [-0.15, -0.1) is 0 Å². The summed E-state index contributed by atoms with van der Waals surface area (Å²) in [7, 11) is 0. The van der Waals surface area contributed by atoms with Gasteiger partial charge in [0.15, 0.2) is 11.9 Å². The molecule has 0 aromatic carbocycles. The average molecular weight is 701 g/mol. The van der Waals surface area contributed by atoms with E-state index in [0.717, 1.165) is 0 Å². The molecule has 22 heteroatoms. The van der Waals surface area contributed by atoms with Gasteiger partial charge in [-0.05, 0) is 57.9 Å². The van der Waals surface area contributed by atoms with Crippen LogP contribution in [0.5, 0.6) is 0 Å². The van der Waals surface area contributed by atoms with E-state index < -0.39 is 78.7 Å². The number of aliphatic carboxylic acids is 1. The fourth-order valence-corrected chi connectivity index (χ4v) is 4.08. The van der Waals surface area contributed by atoms with Crippen LogP contribution in [0, 0.1) is 0 Å². The van der Waals surface area contributed by atoms with Crippen molar-refractivity contribution in [3.63, 3.8) is 0 Å². The van der Waals surface area contributed by atoms with Gasteiger partial charge in [0, 0.05) is 19.5 Å². The minimum absolute atomic E-state index is 0.0274. The summed E-state index contributed by atoms with van der Waals surface area (Å²) < 4.78 is 0. The Hall–Kier alpha value is -5.25. The number of amides is 6. The van der Waals surface area contributed by atoms with Crippen LogP contribution in [0.3, 0.4) is 0 Å². The molecule has 0 saturated heterocycles. The van der Waals surface area contributed by atoms with E-state index >= 15 is 0 Å². The minimum Gasteiger partial charge on any atom is -0.480 e. The molecule has 0 aliphatic heterocycles. The Bertz CT molecular complexity index is 1170. The molecule has 0 aliphatic carbocycles. The van der Waals surface area contributed by atoms with Crippen molar-refractivity contribution < 1.29 is 38.7 Å². The number of guanidine groups is 2. The quantitative estimate of drug-likeness (QED) is 0.0227. The molecule has 0 radical (unpaired) electrons. The van der Waals surface area contributed by atoms with E-state index in [-0.39, 0.29) is 63.5 Å². The van der Waals surface area contributed by atoms with Gasteiger partial charge in [0.25, 0.3) is 0 Å². The SMILES string of the molecule is NCCCCC(NC(=O)CNC(=O)C(CCCN=C(N)N)NC(=O)C(CCC(N)=O)NC(=O)CNC(=O)C(N)CCCN=C(N)N)C(=O)O. The first-order chi connectivity index (χ1) is 23.1. The molecule has 20 N–H and O–H groups in total. The fraction of sp³-hybridized carbons (Fsp3) is 0.667. The van der Waals surface area contributed by atoms with Crippen molar-refractivity contribution in [1.29, 1.82) is 0 Å². The van der Waals surface area contributed by atoms with Gasteiger partial charge in [-0.3, -0.25) is 38.8 Å². The topological polar surface area (TPSA) is 407 Å². The van der Waals surface area contributed by atoms with Crippen LogP contribution in [0.4, 0.5) is 0 Å². The van der Waals surface area contributed by atoms with Gasteiger partial charge in [-0.25, -0.2) is 4.79 Å². The number of carboxylic acid groups (broad SMARTS) is 1. The van der Waals surface area contributed by atoms with E-state index in [9.17, 15) is 38.7 Å². The molecule has 0 aliphatic rings. The van der Waals surface area contributed by atoms with Crippen molar-refractivity contribution in [3.8, 4) is 0 Å². The average Bonchev–Trinajstić information content (AvgIpc) is 3.02. The third kappa shape index (κ3) is 22.0. The van der Waals surface area contributed by atoms with Gasteiger partial charge in [0.1, 0.15) is 18.1 Å². The fourth-order valence-electron chi connectivity index (χ4n) is 4.08. The highest BCUT2D eigenvalue weighted by Gasteiger charge is 2.28. The van der Waals surface area contributed by atoms with Crippen LogP contribution in [0.2, 0.25) is 0 Å². The van der Waals surface area contributed by atoms with Crippen molar-refractivity contribution in [2.45, 2.75) is 82.0 Å². The maximum Gasteiger partial charge on any atom is 0.326 e. The highest BCUT2D eigenvalue weighted by molar-refractivity contribution is 5.95. The first-order valence-electron chi connectivity index (χ1n) is 15.6. The van der Waals surface area contributed by atoms with E-state index in [2.05, 4.69) is 36.6 Å². The lowest BCUT2D eigenvalue weighted by Gasteiger charge is -2.23. The van der Waals surface area contributed by atoms with Crippen LogP contribution < -0.4 is 66.7 Å². The molecule has 4 atom stereocenters. The van der Waals surface area contributed by atoms with Crippen LogP contribution in [0.15, 0.2) is 9.98 Å². The van der Waals surface area contributed by atoms with Crippen LogP contribution in [-0.2, 0) is 33.6 Å². The molecule has 4 unspecified atom stereocenters. The zero-order chi connectivity index (χ0) is 37.4. The molecule has 0 heterocycles. The van der Waals surface area contributed by atoms with Crippen molar-refractivity contribution in [2.24, 2.45) is 50.1 Å².